The Kier molecular flexibility index (Phi) is 6.68. The number of aliphatic hydroxyl groups excluding tert-OH is 1. The number of hydrogen-bond acceptors (Lipinski definition) is 4. The number of likely N-dealkylation sites (tertiary alicyclic amines) is 1. The number of halogens is 1. The summed E-state index contributed by atoms with van der Waals surface area (Å²) in [7, 11) is 3.95. The van der Waals surface area contributed by atoms with Crippen LogP contribution in [0.4, 0.5) is 0 Å². The van der Waals surface area contributed by atoms with E-state index in [9.17, 15) is 14.7 Å². The van der Waals surface area contributed by atoms with E-state index < -0.39 is 17.7 Å². The molecule has 1 unspecified atom stereocenters. The van der Waals surface area contributed by atoms with Gasteiger partial charge in [0.1, 0.15) is 5.76 Å². The number of benzene rings is 2. The van der Waals surface area contributed by atoms with E-state index in [1.54, 1.807) is 17.0 Å². The van der Waals surface area contributed by atoms with Crippen molar-refractivity contribution >= 4 is 29.1 Å². The van der Waals surface area contributed by atoms with Crippen molar-refractivity contribution in [3.8, 4) is 0 Å². The number of Topliss-reactive ketones (excluding diaryl/α,β-unsaturated/α-hetero) is 1. The summed E-state index contributed by atoms with van der Waals surface area (Å²) in [6.07, 6.45) is 5.03. The molecule has 0 spiro atoms. The first kappa shape index (κ1) is 22.6. The van der Waals surface area contributed by atoms with Crippen LogP contribution in [0.5, 0.6) is 0 Å². The molecule has 1 aliphatic heterocycles. The molecule has 1 N–H and O–H groups in total. The average molecular weight is 453 g/mol. The molecule has 1 saturated heterocycles. The number of nitrogens with zero attached hydrogens (tertiary/aromatic N) is 2. The van der Waals surface area contributed by atoms with Crippen molar-refractivity contribution in [2.45, 2.75) is 38.1 Å². The standard InChI is InChI=1S/C26H29ClN2O3/c1-28(2)14-5-15-29-23(18-10-12-21(27)13-11-18)22(25(31)26(29)32)24(30)20-9-8-17-6-3-4-7-19(17)16-20/h8-13,16,23,30H,3-7,14-15H2,1-2H3/b24-22-. The lowest BCUT2D eigenvalue weighted by atomic mass is 9.88. The van der Waals surface area contributed by atoms with E-state index in [-0.39, 0.29) is 11.3 Å². The van der Waals surface area contributed by atoms with Gasteiger partial charge in [-0.05, 0) is 87.6 Å². The minimum atomic E-state index is -0.634. The van der Waals surface area contributed by atoms with Gasteiger partial charge in [0, 0.05) is 17.1 Å². The van der Waals surface area contributed by atoms with Crippen molar-refractivity contribution in [2.24, 2.45) is 0 Å². The normalized spacial score (nSPS) is 20.1. The van der Waals surface area contributed by atoms with E-state index in [4.69, 9.17) is 11.6 Å². The Morgan fingerprint density at radius 1 is 1.06 bits per heavy atom. The van der Waals surface area contributed by atoms with Crippen molar-refractivity contribution in [1.82, 2.24) is 9.80 Å². The Morgan fingerprint density at radius 2 is 1.75 bits per heavy atom. The molecule has 1 heterocycles. The maximum atomic E-state index is 13.1. The zero-order chi connectivity index (χ0) is 22.8. The van der Waals surface area contributed by atoms with E-state index in [0.29, 0.717) is 17.1 Å². The number of carbonyl (C=O) groups is 2. The van der Waals surface area contributed by atoms with Gasteiger partial charge < -0.3 is 14.9 Å². The lowest BCUT2D eigenvalue weighted by Crippen LogP contribution is -2.32. The van der Waals surface area contributed by atoms with Crippen molar-refractivity contribution in [3.05, 3.63) is 75.3 Å². The predicted molar refractivity (Wildman–Crippen MR) is 127 cm³/mol. The van der Waals surface area contributed by atoms with Crippen LogP contribution in [0.1, 0.15) is 47.6 Å². The summed E-state index contributed by atoms with van der Waals surface area (Å²) in [4.78, 5) is 29.7. The fourth-order valence-electron chi connectivity index (χ4n) is 4.70. The van der Waals surface area contributed by atoms with Crippen LogP contribution in [0.3, 0.4) is 0 Å². The monoisotopic (exact) mass is 452 g/mol. The fourth-order valence-corrected chi connectivity index (χ4v) is 4.82. The molecule has 2 aliphatic rings. The van der Waals surface area contributed by atoms with E-state index >= 15 is 0 Å². The van der Waals surface area contributed by atoms with Gasteiger partial charge in [-0.1, -0.05) is 35.9 Å². The number of fused-ring (bicyclic) bond motifs is 1. The fraction of sp³-hybridized carbons (Fsp3) is 0.385. The van der Waals surface area contributed by atoms with Crippen LogP contribution in [0.25, 0.3) is 5.76 Å². The lowest BCUT2D eigenvalue weighted by molar-refractivity contribution is -0.139. The molecule has 5 nitrogen and oxygen atoms in total. The molecule has 32 heavy (non-hydrogen) atoms. The molecule has 0 radical (unpaired) electrons. The maximum absolute atomic E-state index is 13.1. The van der Waals surface area contributed by atoms with Gasteiger partial charge in [-0.3, -0.25) is 9.59 Å². The highest BCUT2D eigenvalue weighted by atomic mass is 35.5. The summed E-state index contributed by atoms with van der Waals surface area (Å²) in [5.74, 6) is -1.31. The Hall–Kier alpha value is -2.63. The summed E-state index contributed by atoms with van der Waals surface area (Å²) >= 11 is 6.08. The summed E-state index contributed by atoms with van der Waals surface area (Å²) in [5.41, 5.74) is 4.02. The number of rotatable bonds is 6. The van der Waals surface area contributed by atoms with Gasteiger partial charge in [0.05, 0.1) is 11.6 Å². The zero-order valence-electron chi connectivity index (χ0n) is 18.6. The molecule has 1 fully saturated rings. The van der Waals surface area contributed by atoms with E-state index in [1.807, 2.05) is 49.3 Å². The molecule has 0 bridgehead atoms. The molecular weight excluding hydrogens is 424 g/mol. The van der Waals surface area contributed by atoms with E-state index in [0.717, 1.165) is 37.8 Å². The number of ketones is 1. The highest BCUT2D eigenvalue weighted by Crippen LogP contribution is 2.40. The van der Waals surface area contributed by atoms with Crippen LogP contribution in [0.15, 0.2) is 48.0 Å². The van der Waals surface area contributed by atoms with Gasteiger partial charge in [-0.15, -0.1) is 0 Å². The van der Waals surface area contributed by atoms with Gasteiger partial charge in [-0.2, -0.15) is 0 Å². The van der Waals surface area contributed by atoms with Crippen molar-refractivity contribution in [2.75, 3.05) is 27.2 Å². The molecule has 4 rings (SSSR count). The minimum Gasteiger partial charge on any atom is -0.507 e. The van der Waals surface area contributed by atoms with Gasteiger partial charge in [-0.25, -0.2) is 0 Å². The SMILES string of the molecule is CN(C)CCCN1C(=O)C(=O)/C(=C(\O)c2ccc3c(c2)CCCC3)C1c1ccc(Cl)cc1. The second kappa shape index (κ2) is 9.47. The van der Waals surface area contributed by atoms with Crippen LogP contribution in [-0.4, -0.2) is 53.8 Å². The van der Waals surface area contributed by atoms with Crippen molar-refractivity contribution in [3.63, 3.8) is 0 Å². The van der Waals surface area contributed by atoms with Crippen LogP contribution in [-0.2, 0) is 22.4 Å². The highest BCUT2D eigenvalue weighted by molar-refractivity contribution is 6.46. The smallest absolute Gasteiger partial charge is 0.295 e. The third-order valence-corrected chi connectivity index (χ3v) is 6.60. The first-order valence-corrected chi connectivity index (χ1v) is 11.6. The number of carbonyl (C=O) groups excluding carboxylic acids is 2. The summed E-state index contributed by atoms with van der Waals surface area (Å²) < 4.78 is 0. The zero-order valence-corrected chi connectivity index (χ0v) is 19.4. The summed E-state index contributed by atoms with van der Waals surface area (Å²) in [5, 5.41) is 11.9. The Morgan fingerprint density at radius 3 is 2.44 bits per heavy atom. The number of aliphatic hydroxyl groups is 1. The second-order valence-corrected chi connectivity index (χ2v) is 9.33. The molecule has 1 aliphatic carbocycles. The quantitative estimate of drug-likeness (QED) is 0.395. The largest absolute Gasteiger partial charge is 0.507 e. The highest BCUT2D eigenvalue weighted by Gasteiger charge is 2.45. The molecule has 1 atom stereocenters. The molecule has 2 aromatic carbocycles. The molecule has 0 saturated carbocycles. The molecule has 168 valence electrons. The van der Waals surface area contributed by atoms with Crippen LogP contribution >= 0.6 is 11.6 Å². The second-order valence-electron chi connectivity index (χ2n) is 8.89. The Balaban J connectivity index is 1.77. The van der Waals surface area contributed by atoms with Gasteiger partial charge in [0.2, 0.25) is 0 Å². The third kappa shape index (κ3) is 4.45. The topological polar surface area (TPSA) is 60.9 Å². The summed E-state index contributed by atoms with van der Waals surface area (Å²) in [6, 6.07) is 12.4. The van der Waals surface area contributed by atoms with Crippen LogP contribution < -0.4 is 0 Å². The van der Waals surface area contributed by atoms with Crippen LogP contribution in [0, 0.1) is 0 Å². The van der Waals surface area contributed by atoms with Gasteiger partial charge in [0.15, 0.2) is 0 Å². The number of hydrogen-bond donors (Lipinski definition) is 1. The van der Waals surface area contributed by atoms with Gasteiger partial charge >= 0.3 is 0 Å². The number of aryl methyl sites for hydroxylation is 2. The first-order chi connectivity index (χ1) is 15.4. The minimum absolute atomic E-state index is 0.105. The average Bonchev–Trinajstić information content (AvgIpc) is 3.03. The van der Waals surface area contributed by atoms with E-state index in [1.165, 1.54) is 17.5 Å². The molecule has 0 aromatic heterocycles. The predicted octanol–water partition coefficient (Wildman–Crippen LogP) is 4.59. The van der Waals surface area contributed by atoms with Crippen LogP contribution in [0.2, 0.25) is 5.02 Å². The number of amides is 1. The van der Waals surface area contributed by atoms with Crippen molar-refractivity contribution in [1.29, 1.82) is 0 Å². The molecular formula is C26H29ClN2O3. The molecule has 2 aromatic rings. The van der Waals surface area contributed by atoms with Gasteiger partial charge in [0.25, 0.3) is 11.7 Å². The van der Waals surface area contributed by atoms with E-state index in [2.05, 4.69) is 0 Å². The lowest BCUT2D eigenvalue weighted by Gasteiger charge is -2.26. The third-order valence-electron chi connectivity index (χ3n) is 6.35. The van der Waals surface area contributed by atoms with Crippen molar-refractivity contribution < 1.29 is 14.7 Å². The summed E-state index contributed by atoms with van der Waals surface area (Å²) in [6.45, 7) is 1.22. The molecule has 1 amide bonds. The molecule has 6 heteroatoms. The maximum Gasteiger partial charge on any atom is 0.295 e. The Labute approximate surface area is 194 Å². The first-order valence-electron chi connectivity index (χ1n) is 11.2. The Bertz CT molecular complexity index is 1060.